The van der Waals surface area contributed by atoms with E-state index in [0.717, 1.165) is 11.1 Å². The molecular formula is C14H14ClNO3. The summed E-state index contributed by atoms with van der Waals surface area (Å²) in [4.78, 5) is 11.5. The monoisotopic (exact) mass is 279 g/mol. The molecule has 0 saturated heterocycles. The van der Waals surface area contributed by atoms with Crippen molar-refractivity contribution in [1.29, 1.82) is 0 Å². The lowest BCUT2D eigenvalue weighted by molar-refractivity contribution is 0.101. The molecule has 0 N–H and O–H groups in total. The number of benzene rings is 1. The summed E-state index contributed by atoms with van der Waals surface area (Å²) in [7, 11) is 0. The SMILES string of the molecule is CCOc1cc(C)c(-c2oncc2C(C)=O)cc1Cl. The number of ether oxygens (including phenoxy) is 1. The van der Waals surface area contributed by atoms with Gasteiger partial charge in [-0.15, -0.1) is 0 Å². The van der Waals surface area contributed by atoms with E-state index in [2.05, 4.69) is 5.16 Å². The molecular weight excluding hydrogens is 266 g/mol. The molecule has 0 aliphatic heterocycles. The molecule has 0 spiro atoms. The first-order valence-electron chi connectivity index (χ1n) is 5.93. The van der Waals surface area contributed by atoms with E-state index in [1.54, 1.807) is 6.07 Å². The van der Waals surface area contributed by atoms with Gasteiger partial charge in [0, 0.05) is 5.56 Å². The highest BCUT2D eigenvalue weighted by Crippen LogP contribution is 2.35. The normalized spacial score (nSPS) is 10.5. The second-order valence-corrected chi connectivity index (χ2v) is 4.56. The standard InChI is InChI=1S/C14H14ClNO3/c1-4-18-13-5-8(2)10(6-12(13)15)14-11(9(3)17)7-16-19-14/h5-7H,4H2,1-3H3. The van der Waals surface area contributed by atoms with Gasteiger partial charge in [0.25, 0.3) is 0 Å². The summed E-state index contributed by atoms with van der Waals surface area (Å²) in [5.41, 5.74) is 2.10. The van der Waals surface area contributed by atoms with E-state index in [4.69, 9.17) is 20.9 Å². The van der Waals surface area contributed by atoms with Crippen LogP contribution in [0.1, 0.15) is 29.8 Å². The molecule has 0 radical (unpaired) electrons. The van der Waals surface area contributed by atoms with E-state index in [1.807, 2.05) is 19.9 Å². The van der Waals surface area contributed by atoms with Gasteiger partial charge in [0.2, 0.25) is 0 Å². The zero-order valence-corrected chi connectivity index (χ0v) is 11.7. The molecule has 1 aromatic heterocycles. The molecule has 2 aromatic rings. The zero-order valence-electron chi connectivity index (χ0n) is 11.0. The molecule has 2 rings (SSSR count). The molecule has 5 heteroatoms. The van der Waals surface area contributed by atoms with Crippen LogP contribution < -0.4 is 4.74 Å². The largest absolute Gasteiger partial charge is 0.492 e. The maximum absolute atomic E-state index is 11.5. The molecule has 1 aromatic carbocycles. The Morgan fingerprint density at radius 1 is 1.47 bits per heavy atom. The molecule has 0 amide bonds. The fourth-order valence-electron chi connectivity index (χ4n) is 1.85. The first-order valence-corrected chi connectivity index (χ1v) is 6.31. The van der Waals surface area contributed by atoms with Crippen LogP contribution in [-0.2, 0) is 0 Å². The Kier molecular flexibility index (Phi) is 3.90. The highest BCUT2D eigenvalue weighted by Gasteiger charge is 2.18. The molecule has 0 bridgehead atoms. The topological polar surface area (TPSA) is 52.3 Å². The molecule has 0 aliphatic rings. The van der Waals surface area contributed by atoms with Gasteiger partial charge in [-0.2, -0.15) is 0 Å². The minimum Gasteiger partial charge on any atom is -0.492 e. The van der Waals surface area contributed by atoms with Gasteiger partial charge in [-0.3, -0.25) is 4.79 Å². The first kappa shape index (κ1) is 13.6. The molecule has 4 nitrogen and oxygen atoms in total. The van der Waals surface area contributed by atoms with Crippen LogP contribution in [0.4, 0.5) is 0 Å². The van der Waals surface area contributed by atoms with Crippen LogP contribution in [-0.4, -0.2) is 17.5 Å². The van der Waals surface area contributed by atoms with Gasteiger partial charge in [0.1, 0.15) is 5.75 Å². The summed E-state index contributed by atoms with van der Waals surface area (Å²) in [5, 5.41) is 4.16. The van der Waals surface area contributed by atoms with Gasteiger partial charge < -0.3 is 9.26 Å². The number of rotatable bonds is 4. The van der Waals surface area contributed by atoms with Crippen molar-refractivity contribution in [2.75, 3.05) is 6.61 Å². The number of halogens is 1. The van der Waals surface area contributed by atoms with Crippen LogP contribution in [0.15, 0.2) is 22.9 Å². The number of ketones is 1. The van der Waals surface area contributed by atoms with Gasteiger partial charge in [-0.1, -0.05) is 16.8 Å². The molecule has 0 aliphatic carbocycles. The van der Waals surface area contributed by atoms with Crippen molar-refractivity contribution < 1.29 is 14.1 Å². The number of hydrogen-bond acceptors (Lipinski definition) is 4. The quantitative estimate of drug-likeness (QED) is 0.796. The van der Waals surface area contributed by atoms with E-state index >= 15 is 0 Å². The van der Waals surface area contributed by atoms with Crippen molar-refractivity contribution in [2.24, 2.45) is 0 Å². The van der Waals surface area contributed by atoms with Gasteiger partial charge in [0.15, 0.2) is 11.5 Å². The zero-order chi connectivity index (χ0) is 14.0. The predicted molar refractivity (Wildman–Crippen MR) is 72.9 cm³/mol. The van der Waals surface area contributed by atoms with E-state index in [-0.39, 0.29) is 5.78 Å². The second-order valence-electron chi connectivity index (χ2n) is 4.16. The number of aryl methyl sites for hydroxylation is 1. The van der Waals surface area contributed by atoms with Gasteiger partial charge in [-0.05, 0) is 38.5 Å². The maximum atomic E-state index is 11.5. The Hall–Kier alpha value is -1.81. The minimum atomic E-state index is -0.0966. The lowest BCUT2D eigenvalue weighted by Gasteiger charge is -2.10. The van der Waals surface area contributed by atoms with Crippen molar-refractivity contribution in [3.8, 4) is 17.1 Å². The van der Waals surface area contributed by atoms with E-state index < -0.39 is 0 Å². The fraction of sp³-hybridized carbons (Fsp3) is 0.286. The molecule has 0 saturated carbocycles. The molecule has 1 heterocycles. The van der Waals surface area contributed by atoms with E-state index in [9.17, 15) is 4.79 Å². The van der Waals surface area contributed by atoms with Crippen molar-refractivity contribution >= 4 is 17.4 Å². The average molecular weight is 280 g/mol. The van der Waals surface area contributed by atoms with Crippen molar-refractivity contribution in [3.05, 3.63) is 34.5 Å². The molecule has 19 heavy (non-hydrogen) atoms. The second kappa shape index (κ2) is 5.45. The van der Waals surface area contributed by atoms with Crippen LogP contribution >= 0.6 is 11.6 Å². The Morgan fingerprint density at radius 3 is 2.84 bits per heavy atom. The van der Waals surface area contributed by atoms with Crippen LogP contribution in [0, 0.1) is 6.92 Å². The summed E-state index contributed by atoms with van der Waals surface area (Å²) < 4.78 is 10.6. The Labute approximate surface area is 116 Å². The molecule has 0 unspecified atom stereocenters. The van der Waals surface area contributed by atoms with Crippen molar-refractivity contribution in [3.63, 3.8) is 0 Å². The summed E-state index contributed by atoms with van der Waals surface area (Å²) in [6, 6.07) is 3.56. The van der Waals surface area contributed by atoms with Crippen LogP contribution in [0.25, 0.3) is 11.3 Å². The number of carbonyl (C=O) groups is 1. The molecule has 0 fully saturated rings. The van der Waals surface area contributed by atoms with Crippen LogP contribution in [0.5, 0.6) is 5.75 Å². The number of nitrogens with zero attached hydrogens (tertiary/aromatic N) is 1. The predicted octanol–water partition coefficient (Wildman–Crippen LogP) is 3.90. The highest BCUT2D eigenvalue weighted by molar-refractivity contribution is 6.32. The van der Waals surface area contributed by atoms with E-state index in [1.165, 1.54) is 13.1 Å². The smallest absolute Gasteiger partial charge is 0.177 e. The molecule has 0 atom stereocenters. The van der Waals surface area contributed by atoms with E-state index in [0.29, 0.717) is 28.7 Å². The third kappa shape index (κ3) is 2.63. The summed E-state index contributed by atoms with van der Waals surface area (Å²) in [6.07, 6.45) is 1.42. The van der Waals surface area contributed by atoms with Crippen LogP contribution in [0.3, 0.4) is 0 Å². The van der Waals surface area contributed by atoms with Crippen molar-refractivity contribution in [2.45, 2.75) is 20.8 Å². The number of Topliss-reactive ketones (excluding diaryl/α,β-unsaturated/α-hetero) is 1. The average Bonchev–Trinajstić information content (AvgIpc) is 2.82. The summed E-state index contributed by atoms with van der Waals surface area (Å²) in [6.45, 7) is 5.81. The third-order valence-electron chi connectivity index (χ3n) is 2.77. The first-order chi connectivity index (χ1) is 9.04. The van der Waals surface area contributed by atoms with Crippen molar-refractivity contribution in [1.82, 2.24) is 5.16 Å². The van der Waals surface area contributed by atoms with Gasteiger partial charge >= 0.3 is 0 Å². The lowest BCUT2D eigenvalue weighted by Crippen LogP contribution is -1.96. The summed E-state index contributed by atoms with van der Waals surface area (Å²) >= 11 is 6.16. The number of aromatic nitrogens is 1. The Bertz CT molecular complexity index is 619. The van der Waals surface area contributed by atoms with Crippen LogP contribution in [0.2, 0.25) is 5.02 Å². The summed E-state index contributed by atoms with van der Waals surface area (Å²) in [5.74, 6) is 0.963. The third-order valence-corrected chi connectivity index (χ3v) is 3.07. The van der Waals surface area contributed by atoms with Gasteiger partial charge in [-0.25, -0.2) is 0 Å². The fourth-order valence-corrected chi connectivity index (χ4v) is 2.07. The maximum Gasteiger partial charge on any atom is 0.177 e. The highest BCUT2D eigenvalue weighted by atomic mass is 35.5. The molecule has 100 valence electrons. The Balaban J connectivity index is 2.54. The minimum absolute atomic E-state index is 0.0966. The number of carbonyl (C=O) groups excluding carboxylic acids is 1. The number of hydrogen-bond donors (Lipinski definition) is 0. The van der Waals surface area contributed by atoms with Gasteiger partial charge in [0.05, 0.1) is 23.4 Å². The lowest BCUT2D eigenvalue weighted by atomic mass is 10.0. The Morgan fingerprint density at radius 2 is 2.21 bits per heavy atom.